The van der Waals surface area contributed by atoms with E-state index < -0.39 is 0 Å². The highest BCUT2D eigenvalue weighted by Crippen LogP contribution is 2.19. The van der Waals surface area contributed by atoms with Crippen molar-refractivity contribution in [2.75, 3.05) is 50.1 Å². The highest BCUT2D eigenvalue weighted by atomic mass is 16.2. The Morgan fingerprint density at radius 3 is 2.36 bits per heavy atom. The van der Waals surface area contributed by atoms with E-state index in [9.17, 15) is 9.59 Å². The molecule has 3 rings (SSSR count). The van der Waals surface area contributed by atoms with E-state index in [1.807, 2.05) is 60.3 Å². The summed E-state index contributed by atoms with van der Waals surface area (Å²) >= 11 is 0. The Kier molecular flexibility index (Phi) is 6.13. The number of carbonyl (C=O) groups excluding carboxylic acids is 2. The molecule has 0 spiro atoms. The molecule has 1 aliphatic heterocycles. The zero-order valence-corrected chi connectivity index (χ0v) is 16.7. The standard InChI is InChI=1S/C21H27N5O2/c1-16(27)25-11-13-26(14-12-25)20-18(5-4-10-22-20)15-23-21(28)17-6-8-19(9-7-17)24(2)3/h4-10H,11-15H2,1-3H3,(H,23,28). The molecule has 0 saturated carbocycles. The van der Waals surface area contributed by atoms with Crippen LogP contribution in [0.2, 0.25) is 0 Å². The number of pyridine rings is 1. The number of hydrogen-bond donors (Lipinski definition) is 1. The number of nitrogens with one attached hydrogen (secondary N) is 1. The molecule has 1 aromatic heterocycles. The minimum Gasteiger partial charge on any atom is -0.378 e. The van der Waals surface area contributed by atoms with Crippen LogP contribution in [0.1, 0.15) is 22.8 Å². The summed E-state index contributed by atoms with van der Waals surface area (Å²) in [4.78, 5) is 34.6. The molecule has 1 fully saturated rings. The maximum absolute atomic E-state index is 12.5. The van der Waals surface area contributed by atoms with Crippen LogP contribution in [0.3, 0.4) is 0 Å². The molecule has 1 aromatic carbocycles. The molecule has 2 amide bonds. The van der Waals surface area contributed by atoms with Crippen molar-refractivity contribution in [1.29, 1.82) is 0 Å². The van der Waals surface area contributed by atoms with Gasteiger partial charge in [0, 0.05) is 76.8 Å². The zero-order chi connectivity index (χ0) is 20.1. The quantitative estimate of drug-likeness (QED) is 0.855. The summed E-state index contributed by atoms with van der Waals surface area (Å²) in [5.74, 6) is 0.865. The number of piperazine rings is 1. The van der Waals surface area contributed by atoms with Gasteiger partial charge >= 0.3 is 0 Å². The fourth-order valence-corrected chi connectivity index (χ4v) is 3.27. The van der Waals surface area contributed by atoms with Crippen LogP contribution in [0.5, 0.6) is 0 Å². The van der Waals surface area contributed by atoms with Crippen molar-refractivity contribution in [1.82, 2.24) is 15.2 Å². The lowest BCUT2D eigenvalue weighted by Gasteiger charge is -2.35. The van der Waals surface area contributed by atoms with Crippen molar-refractivity contribution < 1.29 is 9.59 Å². The Labute approximate surface area is 166 Å². The maximum Gasteiger partial charge on any atom is 0.251 e. The van der Waals surface area contributed by atoms with Gasteiger partial charge in [0.2, 0.25) is 5.91 Å². The second-order valence-corrected chi connectivity index (χ2v) is 7.10. The first-order valence-electron chi connectivity index (χ1n) is 9.45. The third kappa shape index (κ3) is 4.60. The molecule has 148 valence electrons. The molecule has 0 radical (unpaired) electrons. The van der Waals surface area contributed by atoms with E-state index in [-0.39, 0.29) is 11.8 Å². The average molecular weight is 381 g/mol. The number of carbonyl (C=O) groups is 2. The number of anilines is 2. The summed E-state index contributed by atoms with van der Waals surface area (Å²) in [6.45, 7) is 4.87. The SMILES string of the molecule is CC(=O)N1CCN(c2ncccc2CNC(=O)c2ccc(N(C)C)cc2)CC1. The first kappa shape index (κ1) is 19.7. The van der Waals surface area contributed by atoms with Gasteiger partial charge in [0.15, 0.2) is 0 Å². The van der Waals surface area contributed by atoms with Gasteiger partial charge in [0.05, 0.1) is 0 Å². The molecular formula is C21H27N5O2. The largest absolute Gasteiger partial charge is 0.378 e. The zero-order valence-electron chi connectivity index (χ0n) is 16.7. The summed E-state index contributed by atoms with van der Waals surface area (Å²) in [5.41, 5.74) is 2.65. The van der Waals surface area contributed by atoms with Crippen molar-refractivity contribution in [2.45, 2.75) is 13.5 Å². The fraction of sp³-hybridized carbons (Fsp3) is 0.381. The number of rotatable bonds is 5. The van der Waals surface area contributed by atoms with Gasteiger partial charge in [-0.1, -0.05) is 6.07 Å². The van der Waals surface area contributed by atoms with Crippen molar-refractivity contribution in [2.24, 2.45) is 0 Å². The summed E-state index contributed by atoms with van der Waals surface area (Å²) in [7, 11) is 3.93. The minimum atomic E-state index is -0.110. The molecule has 0 bridgehead atoms. The van der Waals surface area contributed by atoms with Gasteiger partial charge < -0.3 is 20.0 Å². The van der Waals surface area contributed by atoms with Crippen LogP contribution in [0.25, 0.3) is 0 Å². The van der Waals surface area contributed by atoms with Crippen LogP contribution in [0.15, 0.2) is 42.6 Å². The smallest absolute Gasteiger partial charge is 0.251 e. The van der Waals surface area contributed by atoms with Gasteiger partial charge in [-0.15, -0.1) is 0 Å². The van der Waals surface area contributed by atoms with Gasteiger partial charge in [-0.25, -0.2) is 4.98 Å². The molecule has 7 heteroatoms. The van der Waals surface area contributed by atoms with Crippen LogP contribution in [-0.4, -0.2) is 62.0 Å². The predicted octanol–water partition coefficient (Wildman–Crippen LogP) is 1.75. The van der Waals surface area contributed by atoms with Gasteiger partial charge in [0.1, 0.15) is 5.82 Å². The average Bonchev–Trinajstić information content (AvgIpc) is 2.72. The highest BCUT2D eigenvalue weighted by Gasteiger charge is 2.21. The Morgan fingerprint density at radius 2 is 1.75 bits per heavy atom. The molecule has 1 aliphatic rings. The Hall–Kier alpha value is -3.09. The second-order valence-electron chi connectivity index (χ2n) is 7.10. The van der Waals surface area contributed by atoms with E-state index in [0.717, 1.165) is 30.2 Å². The van der Waals surface area contributed by atoms with E-state index in [0.29, 0.717) is 25.2 Å². The minimum absolute atomic E-state index is 0.105. The normalized spacial score (nSPS) is 14.0. The summed E-state index contributed by atoms with van der Waals surface area (Å²) in [6.07, 6.45) is 1.76. The Balaban J connectivity index is 1.63. The first-order valence-corrected chi connectivity index (χ1v) is 9.45. The van der Waals surface area contributed by atoms with Gasteiger partial charge in [0.25, 0.3) is 5.91 Å². The van der Waals surface area contributed by atoms with E-state index in [4.69, 9.17) is 0 Å². The monoisotopic (exact) mass is 381 g/mol. The number of benzene rings is 1. The number of nitrogens with zero attached hydrogens (tertiary/aromatic N) is 4. The van der Waals surface area contributed by atoms with E-state index in [1.54, 1.807) is 13.1 Å². The molecule has 1 saturated heterocycles. The third-order valence-electron chi connectivity index (χ3n) is 4.98. The third-order valence-corrected chi connectivity index (χ3v) is 4.98. The van der Waals surface area contributed by atoms with Crippen LogP contribution < -0.4 is 15.1 Å². The predicted molar refractivity (Wildman–Crippen MR) is 111 cm³/mol. The first-order chi connectivity index (χ1) is 13.5. The molecule has 28 heavy (non-hydrogen) atoms. The molecule has 2 heterocycles. The lowest BCUT2D eigenvalue weighted by molar-refractivity contribution is -0.129. The summed E-state index contributed by atoms with van der Waals surface area (Å²) in [5, 5.41) is 2.99. The van der Waals surface area contributed by atoms with Crippen molar-refractivity contribution in [3.8, 4) is 0 Å². The van der Waals surface area contributed by atoms with Crippen LogP contribution >= 0.6 is 0 Å². The van der Waals surface area contributed by atoms with Crippen LogP contribution in [0.4, 0.5) is 11.5 Å². The number of hydrogen-bond acceptors (Lipinski definition) is 5. The summed E-state index contributed by atoms with van der Waals surface area (Å²) < 4.78 is 0. The molecular weight excluding hydrogens is 354 g/mol. The van der Waals surface area contributed by atoms with Crippen molar-refractivity contribution >= 4 is 23.3 Å². The lowest BCUT2D eigenvalue weighted by Crippen LogP contribution is -2.48. The van der Waals surface area contributed by atoms with E-state index in [2.05, 4.69) is 15.2 Å². The van der Waals surface area contributed by atoms with Crippen LogP contribution in [-0.2, 0) is 11.3 Å². The summed E-state index contributed by atoms with van der Waals surface area (Å²) in [6, 6.07) is 11.4. The van der Waals surface area contributed by atoms with E-state index in [1.165, 1.54) is 0 Å². The molecule has 0 atom stereocenters. The Morgan fingerprint density at radius 1 is 1.07 bits per heavy atom. The molecule has 0 aliphatic carbocycles. The van der Waals surface area contributed by atoms with Crippen molar-refractivity contribution in [3.63, 3.8) is 0 Å². The lowest BCUT2D eigenvalue weighted by atomic mass is 10.1. The fourth-order valence-electron chi connectivity index (χ4n) is 3.27. The van der Waals surface area contributed by atoms with Gasteiger partial charge in [-0.05, 0) is 30.3 Å². The molecule has 7 nitrogen and oxygen atoms in total. The number of amides is 2. The topological polar surface area (TPSA) is 68.8 Å². The van der Waals surface area contributed by atoms with Crippen LogP contribution in [0, 0.1) is 0 Å². The Bertz CT molecular complexity index is 827. The second kappa shape index (κ2) is 8.73. The van der Waals surface area contributed by atoms with Gasteiger partial charge in [-0.3, -0.25) is 9.59 Å². The molecule has 1 N–H and O–H groups in total. The van der Waals surface area contributed by atoms with Crippen molar-refractivity contribution in [3.05, 3.63) is 53.7 Å². The van der Waals surface area contributed by atoms with Gasteiger partial charge in [-0.2, -0.15) is 0 Å². The molecule has 0 unspecified atom stereocenters. The maximum atomic E-state index is 12.5. The molecule has 2 aromatic rings. The number of aromatic nitrogens is 1. The highest BCUT2D eigenvalue weighted by molar-refractivity contribution is 5.94. The van der Waals surface area contributed by atoms with E-state index >= 15 is 0 Å².